The molecular weight excluding hydrogens is 162 g/mol. The van der Waals surface area contributed by atoms with Crippen LogP contribution in [0.2, 0.25) is 0 Å². The van der Waals surface area contributed by atoms with Crippen molar-refractivity contribution in [3.05, 3.63) is 0 Å². The smallest absolute Gasteiger partial charge is 0.00934 e. The quantitative estimate of drug-likeness (QED) is 0.545. The summed E-state index contributed by atoms with van der Waals surface area (Å²) in [5.74, 6) is 0. The molecule has 0 amide bonds. The Morgan fingerprint density at radius 2 is 1.15 bits per heavy atom. The number of hydrogen-bond donors (Lipinski definition) is 3. The van der Waals surface area contributed by atoms with Crippen LogP contribution in [0.3, 0.4) is 0 Å². The molecule has 3 N–H and O–H groups in total. The number of rotatable bonds is 7. The van der Waals surface area contributed by atoms with E-state index in [0.29, 0.717) is 18.1 Å². The zero-order chi connectivity index (χ0) is 10.3. The van der Waals surface area contributed by atoms with Gasteiger partial charge in [-0.15, -0.1) is 0 Å². The van der Waals surface area contributed by atoms with E-state index < -0.39 is 0 Å². The summed E-state index contributed by atoms with van der Waals surface area (Å²) in [6.45, 7) is 4.43. The molecule has 0 fully saturated rings. The second-order valence-corrected chi connectivity index (χ2v) is 3.84. The second kappa shape index (κ2) is 7.30. The van der Waals surface area contributed by atoms with Crippen molar-refractivity contribution in [3.63, 3.8) is 0 Å². The molecule has 2 unspecified atom stereocenters. The minimum atomic E-state index is 0.585. The van der Waals surface area contributed by atoms with Crippen LogP contribution in [-0.2, 0) is 0 Å². The lowest BCUT2D eigenvalue weighted by Crippen LogP contribution is -2.38. The molecule has 13 heavy (non-hydrogen) atoms. The molecule has 0 aliphatic carbocycles. The number of nitrogens with one attached hydrogen (secondary N) is 3. The molecule has 0 aromatic heterocycles. The van der Waals surface area contributed by atoms with Crippen LogP contribution >= 0.6 is 0 Å². The third kappa shape index (κ3) is 6.02. The maximum atomic E-state index is 3.35. The molecule has 0 aliphatic heterocycles. The molecule has 0 bridgehead atoms. The van der Waals surface area contributed by atoms with E-state index in [9.17, 15) is 0 Å². The molecule has 3 heteroatoms. The molecule has 0 aromatic carbocycles. The fourth-order valence-electron chi connectivity index (χ4n) is 1.42. The van der Waals surface area contributed by atoms with Gasteiger partial charge < -0.3 is 16.0 Å². The fourth-order valence-corrected chi connectivity index (χ4v) is 1.42. The zero-order valence-electron chi connectivity index (χ0n) is 9.65. The Morgan fingerprint density at radius 3 is 1.38 bits per heavy atom. The highest BCUT2D eigenvalue weighted by Gasteiger charge is 2.12. The maximum absolute atomic E-state index is 3.35. The Morgan fingerprint density at radius 1 is 0.769 bits per heavy atom. The van der Waals surface area contributed by atoms with Crippen molar-refractivity contribution >= 4 is 0 Å². The summed E-state index contributed by atoms with van der Waals surface area (Å²) in [6, 6.07) is 1.77. The normalized spacial score (nSPS) is 18.2. The highest BCUT2D eigenvalue weighted by Crippen LogP contribution is 2.04. The van der Waals surface area contributed by atoms with Crippen LogP contribution in [0.1, 0.15) is 26.7 Å². The minimum Gasteiger partial charge on any atom is -0.317 e. The summed E-state index contributed by atoms with van der Waals surface area (Å²) in [5, 5.41) is 9.87. The first-order valence-electron chi connectivity index (χ1n) is 5.15. The van der Waals surface area contributed by atoms with Gasteiger partial charge in [-0.3, -0.25) is 0 Å². The lowest BCUT2D eigenvalue weighted by Gasteiger charge is -2.23. The van der Waals surface area contributed by atoms with Crippen molar-refractivity contribution in [3.8, 4) is 0 Å². The average molecular weight is 187 g/mol. The van der Waals surface area contributed by atoms with E-state index in [0.717, 1.165) is 0 Å². The molecule has 0 rings (SSSR count). The molecule has 0 saturated heterocycles. The van der Waals surface area contributed by atoms with Crippen LogP contribution in [0.4, 0.5) is 0 Å². The van der Waals surface area contributed by atoms with E-state index in [2.05, 4.69) is 29.8 Å². The molecule has 0 aliphatic rings. The molecule has 3 nitrogen and oxygen atoms in total. The summed E-state index contributed by atoms with van der Waals surface area (Å²) in [5.41, 5.74) is 0. The van der Waals surface area contributed by atoms with Gasteiger partial charge in [-0.05, 0) is 47.8 Å². The largest absolute Gasteiger partial charge is 0.317 e. The van der Waals surface area contributed by atoms with E-state index in [4.69, 9.17) is 0 Å². The van der Waals surface area contributed by atoms with Crippen molar-refractivity contribution in [2.75, 3.05) is 21.1 Å². The topological polar surface area (TPSA) is 36.1 Å². The van der Waals surface area contributed by atoms with Crippen molar-refractivity contribution < 1.29 is 0 Å². The molecule has 0 heterocycles. The second-order valence-electron chi connectivity index (χ2n) is 3.84. The average Bonchev–Trinajstić information content (AvgIpc) is 2.16. The van der Waals surface area contributed by atoms with Crippen molar-refractivity contribution in [1.82, 2.24) is 16.0 Å². The van der Waals surface area contributed by atoms with Gasteiger partial charge in [-0.25, -0.2) is 0 Å². The van der Waals surface area contributed by atoms with Gasteiger partial charge in [0.25, 0.3) is 0 Å². The molecule has 0 spiro atoms. The predicted octanol–water partition coefficient (Wildman–Crippen LogP) is 0.570. The molecular formula is C10H25N3. The molecule has 0 aromatic rings. The highest BCUT2D eigenvalue weighted by molar-refractivity contribution is 4.75. The van der Waals surface area contributed by atoms with Gasteiger partial charge in [0, 0.05) is 18.1 Å². The fraction of sp³-hybridized carbons (Fsp3) is 1.00. The molecule has 0 saturated carbocycles. The summed E-state index contributed by atoms with van der Waals surface area (Å²) in [4.78, 5) is 0. The Kier molecular flexibility index (Phi) is 7.23. The summed E-state index contributed by atoms with van der Waals surface area (Å²) in [7, 11) is 6.06. The predicted molar refractivity (Wildman–Crippen MR) is 59.1 cm³/mol. The van der Waals surface area contributed by atoms with Crippen LogP contribution in [0.15, 0.2) is 0 Å². The number of hydrogen-bond acceptors (Lipinski definition) is 3. The highest BCUT2D eigenvalue weighted by atomic mass is 14.9. The Balaban J connectivity index is 3.74. The van der Waals surface area contributed by atoms with Crippen LogP contribution < -0.4 is 16.0 Å². The van der Waals surface area contributed by atoms with Crippen molar-refractivity contribution in [1.29, 1.82) is 0 Å². The molecule has 0 radical (unpaired) electrons. The van der Waals surface area contributed by atoms with Crippen molar-refractivity contribution in [2.45, 2.75) is 44.8 Å². The van der Waals surface area contributed by atoms with Crippen LogP contribution in [0.25, 0.3) is 0 Å². The van der Waals surface area contributed by atoms with E-state index in [1.807, 2.05) is 21.1 Å². The third-order valence-electron chi connectivity index (χ3n) is 2.67. The third-order valence-corrected chi connectivity index (χ3v) is 2.67. The Labute approximate surface area is 82.7 Å². The van der Waals surface area contributed by atoms with Gasteiger partial charge in [0.1, 0.15) is 0 Å². The van der Waals surface area contributed by atoms with Gasteiger partial charge in [0.05, 0.1) is 0 Å². The summed E-state index contributed by atoms with van der Waals surface area (Å²) >= 11 is 0. The molecule has 80 valence electrons. The van der Waals surface area contributed by atoms with Gasteiger partial charge in [0.15, 0.2) is 0 Å². The van der Waals surface area contributed by atoms with Gasteiger partial charge >= 0.3 is 0 Å². The monoisotopic (exact) mass is 187 g/mol. The van der Waals surface area contributed by atoms with Crippen LogP contribution in [0.5, 0.6) is 0 Å². The summed E-state index contributed by atoms with van der Waals surface area (Å²) < 4.78 is 0. The Hall–Kier alpha value is -0.120. The van der Waals surface area contributed by atoms with E-state index in [-0.39, 0.29) is 0 Å². The lowest BCUT2D eigenvalue weighted by atomic mass is 10.0. The SMILES string of the molecule is CNC(C)CC(CC(C)NC)NC. The first-order chi connectivity index (χ1) is 6.13. The first-order valence-corrected chi connectivity index (χ1v) is 5.15. The Bertz CT molecular complexity index is 105. The van der Waals surface area contributed by atoms with Gasteiger partial charge in [-0.2, -0.15) is 0 Å². The van der Waals surface area contributed by atoms with E-state index in [1.54, 1.807) is 0 Å². The zero-order valence-corrected chi connectivity index (χ0v) is 9.65. The standard InChI is InChI=1S/C10H25N3/c1-8(11-3)6-10(13-5)7-9(2)12-4/h8-13H,6-7H2,1-5H3. The maximum Gasteiger partial charge on any atom is 0.00934 e. The first kappa shape index (κ1) is 12.9. The minimum absolute atomic E-state index is 0.585. The van der Waals surface area contributed by atoms with E-state index >= 15 is 0 Å². The van der Waals surface area contributed by atoms with Crippen LogP contribution in [0, 0.1) is 0 Å². The van der Waals surface area contributed by atoms with Crippen molar-refractivity contribution in [2.24, 2.45) is 0 Å². The lowest BCUT2D eigenvalue weighted by molar-refractivity contribution is 0.387. The van der Waals surface area contributed by atoms with E-state index in [1.165, 1.54) is 12.8 Å². The van der Waals surface area contributed by atoms with Gasteiger partial charge in [0.2, 0.25) is 0 Å². The van der Waals surface area contributed by atoms with Crippen LogP contribution in [-0.4, -0.2) is 39.3 Å². The van der Waals surface area contributed by atoms with Gasteiger partial charge in [-0.1, -0.05) is 0 Å². The summed E-state index contributed by atoms with van der Waals surface area (Å²) in [6.07, 6.45) is 2.36. The molecule has 2 atom stereocenters.